The number of benzene rings is 2. The van der Waals surface area contributed by atoms with Gasteiger partial charge in [0.2, 0.25) is 6.33 Å². The van der Waals surface area contributed by atoms with E-state index in [9.17, 15) is 8.42 Å². The van der Waals surface area contributed by atoms with Crippen LogP contribution >= 0.6 is 0 Å². The summed E-state index contributed by atoms with van der Waals surface area (Å²) in [6, 6.07) is 16.4. The fourth-order valence-electron chi connectivity index (χ4n) is 2.09. The predicted octanol–water partition coefficient (Wildman–Crippen LogP) is 2.05. The molecular weight excluding hydrogens is 312 g/mol. The number of hydrogen-bond acceptors (Lipinski definition) is 3. The van der Waals surface area contributed by atoms with Crippen molar-refractivity contribution < 1.29 is 13.1 Å². The maximum absolute atomic E-state index is 12.3. The average Bonchev–Trinajstić information content (AvgIpc) is 2.95. The number of sulfonamides is 1. The Bertz CT molecular complexity index is 887. The lowest BCUT2D eigenvalue weighted by Gasteiger charge is -2.17. The van der Waals surface area contributed by atoms with E-state index >= 15 is 0 Å². The first-order chi connectivity index (χ1) is 11.0. The minimum atomic E-state index is -3.75. The van der Waals surface area contributed by atoms with Crippen molar-refractivity contribution in [2.75, 3.05) is 0 Å². The van der Waals surface area contributed by atoms with Crippen LogP contribution in [-0.2, 0) is 16.6 Å². The van der Waals surface area contributed by atoms with Crippen LogP contribution in [0, 0.1) is 6.92 Å². The zero-order valence-electron chi connectivity index (χ0n) is 12.6. The summed E-state index contributed by atoms with van der Waals surface area (Å²) in [5, 5.41) is 4.12. The summed E-state index contributed by atoms with van der Waals surface area (Å²) in [6.45, 7) is 2.45. The Morgan fingerprint density at radius 3 is 2.48 bits per heavy atom. The molecule has 1 aromatic heterocycles. The summed E-state index contributed by atoms with van der Waals surface area (Å²) in [5.74, 6) is 0. The van der Waals surface area contributed by atoms with Gasteiger partial charge in [0.15, 0.2) is 0 Å². The topological polar surface area (TPSA) is 69.9 Å². The molecule has 1 heterocycles. The van der Waals surface area contributed by atoms with Crippen molar-refractivity contribution in [3.8, 4) is 0 Å². The number of aromatic nitrogens is 3. The lowest BCUT2D eigenvalue weighted by molar-refractivity contribution is -0.614. The minimum absolute atomic E-state index is 0.159. The van der Waals surface area contributed by atoms with Gasteiger partial charge in [0.05, 0.1) is 4.90 Å². The van der Waals surface area contributed by atoms with E-state index < -0.39 is 10.0 Å². The van der Waals surface area contributed by atoms with Crippen molar-refractivity contribution in [2.45, 2.75) is 18.4 Å². The molecule has 0 radical (unpaired) electrons. The van der Waals surface area contributed by atoms with Crippen LogP contribution in [0.5, 0.6) is 0 Å². The maximum atomic E-state index is 12.3. The third-order valence-corrected chi connectivity index (χ3v) is 4.55. The van der Waals surface area contributed by atoms with Crippen LogP contribution in [-0.4, -0.2) is 18.2 Å². The largest absolute Gasteiger partial charge is 0.439 e. The number of aryl methyl sites for hydroxylation is 1. The molecule has 3 rings (SSSR count). The summed E-state index contributed by atoms with van der Waals surface area (Å²) < 4.78 is 27.3. The Kier molecular flexibility index (Phi) is 4.12. The summed E-state index contributed by atoms with van der Waals surface area (Å²) in [6.07, 6.45) is 2.91. The van der Waals surface area contributed by atoms with Gasteiger partial charge in [0.1, 0.15) is 16.6 Å². The number of nitrogens with zero attached hydrogens (tertiary/aromatic N) is 4. The average molecular weight is 328 g/mol. The van der Waals surface area contributed by atoms with Crippen LogP contribution in [0.15, 0.2) is 72.1 Å². The summed E-state index contributed by atoms with van der Waals surface area (Å²) in [5.41, 5.74) is 2.07. The maximum Gasteiger partial charge on any atom is 0.255 e. The lowest BCUT2D eigenvalue weighted by atomic mass is 10.2. The van der Waals surface area contributed by atoms with E-state index in [1.807, 2.05) is 37.3 Å². The van der Waals surface area contributed by atoms with E-state index in [0.29, 0.717) is 6.54 Å². The van der Waals surface area contributed by atoms with Gasteiger partial charge in [0.25, 0.3) is 6.33 Å². The number of hydrogen-bond donors (Lipinski definition) is 0. The second-order valence-electron chi connectivity index (χ2n) is 5.18. The van der Waals surface area contributed by atoms with Gasteiger partial charge in [-0.25, -0.2) is 8.42 Å². The van der Waals surface area contributed by atoms with E-state index in [2.05, 4.69) is 9.93 Å². The highest BCUT2D eigenvalue weighted by Gasteiger charge is 2.08. The minimum Gasteiger partial charge on any atom is -0.439 e. The zero-order chi connectivity index (χ0) is 16.3. The van der Waals surface area contributed by atoms with Gasteiger partial charge in [-0.05, 0) is 24.6 Å². The third kappa shape index (κ3) is 3.75. The molecule has 0 fully saturated rings. The first-order valence-electron chi connectivity index (χ1n) is 7.05. The highest BCUT2D eigenvalue weighted by molar-refractivity contribution is 7.93. The second-order valence-corrected chi connectivity index (χ2v) is 6.76. The van der Waals surface area contributed by atoms with Crippen molar-refractivity contribution in [2.24, 2.45) is 0 Å². The molecule has 3 aromatic rings. The predicted molar refractivity (Wildman–Crippen MR) is 85.1 cm³/mol. The second kappa shape index (κ2) is 6.21. The molecule has 0 saturated heterocycles. The summed E-state index contributed by atoms with van der Waals surface area (Å²) in [7, 11) is -3.75. The molecular formula is C16H16N4O2S. The van der Waals surface area contributed by atoms with E-state index in [1.165, 1.54) is 11.0 Å². The van der Waals surface area contributed by atoms with Crippen molar-refractivity contribution in [1.29, 1.82) is 0 Å². The van der Waals surface area contributed by atoms with Crippen LogP contribution in [0.1, 0.15) is 11.1 Å². The third-order valence-electron chi connectivity index (χ3n) is 3.28. The smallest absolute Gasteiger partial charge is 0.255 e. The number of rotatable bonds is 5. The van der Waals surface area contributed by atoms with E-state index in [0.717, 1.165) is 11.1 Å². The molecule has 0 unspecified atom stereocenters. The molecule has 0 saturated carbocycles. The SMILES string of the molecule is Cc1ccc(S(=O)(=O)[N-][n+]2cnn(Cc3ccccc3)c2)cc1. The van der Waals surface area contributed by atoms with Crippen LogP contribution in [0.3, 0.4) is 0 Å². The molecule has 0 spiro atoms. The first kappa shape index (κ1) is 15.2. The molecule has 6 nitrogen and oxygen atoms in total. The monoisotopic (exact) mass is 328 g/mol. The Morgan fingerprint density at radius 1 is 1.09 bits per heavy atom. The Morgan fingerprint density at radius 2 is 1.78 bits per heavy atom. The molecule has 2 aromatic carbocycles. The summed E-state index contributed by atoms with van der Waals surface area (Å²) in [4.78, 5) is 3.92. The fourth-order valence-corrected chi connectivity index (χ4v) is 3.00. The van der Waals surface area contributed by atoms with Gasteiger partial charge in [-0.2, -0.15) is 0 Å². The van der Waals surface area contributed by atoms with Crippen molar-refractivity contribution in [1.82, 2.24) is 9.78 Å². The molecule has 0 amide bonds. The van der Waals surface area contributed by atoms with Crippen molar-refractivity contribution in [3.63, 3.8) is 0 Å². The van der Waals surface area contributed by atoms with Gasteiger partial charge >= 0.3 is 0 Å². The molecule has 7 heteroatoms. The van der Waals surface area contributed by atoms with Crippen LogP contribution < -0.4 is 4.68 Å². The molecule has 0 N–H and O–H groups in total. The van der Waals surface area contributed by atoms with Crippen molar-refractivity contribution in [3.05, 3.63) is 83.2 Å². The van der Waals surface area contributed by atoms with Crippen LogP contribution in [0.25, 0.3) is 4.83 Å². The fraction of sp³-hybridized carbons (Fsp3) is 0.125. The van der Waals surface area contributed by atoms with Gasteiger partial charge in [-0.15, -0.1) is 4.68 Å². The molecule has 0 aliphatic heterocycles. The van der Waals surface area contributed by atoms with Gasteiger partial charge in [0, 0.05) is 5.10 Å². The summed E-state index contributed by atoms with van der Waals surface area (Å²) >= 11 is 0. The van der Waals surface area contributed by atoms with Gasteiger partial charge < -0.3 is 4.83 Å². The quantitative estimate of drug-likeness (QED) is 0.673. The van der Waals surface area contributed by atoms with Gasteiger partial charge in [-0.1, -0.05) is 48.0 Å². The first-order valence-corrected chi connectivity index (χ1v) is 8.49. The molecule has 0 bridgehead atoms. The molecule has 0 atom stereocenters. The van der Waals surface area contributed by atoms with Gasteiger partial charge in [-0.3, -0.25) is 4.68 Å². The Labute approximate surface area is 135 Å². The normalized spacial score (nSPS) is 11.3. The highest BCUT2D eigenvalue weighted by Crippen LogP contribution is 2.15. The molecule has 0 aliphatic rings. The molecule has 118 valence electrons. The van der Waals surface area contributed by atoms with Crippen LogP contribution in [0.4, 0.5) is 0 Å². The van der Waals surface area contributed by atoms with Crippen molar-refractivity contribution >= 4 is 10.0 Å². The highest BCUT2D eigenvalue weighted by atomic mass is 32.2. The van der Waals surface area contributed by atoms with Crippen LogP contribution in [0.2, 0.25) is 0 Å². The molecule has 0 aliphatic carbocycles. The van der Waals surface area contributed by atoms with E-state index in [1.54, 1.807) is 35.3 Å². The lowest BCUT2D eigenvalue weighted by Crippen LogP contribution is -2.29. The Balaban J connectivity index is 1.74. The van der Waals surface area contributed by atoms with E-state index in [-0.39, 0.29) is 4.90 Å². The standard InChI is InChI=1S/C16H16N4O2S/c1-14-7-9-16(10-8-14)23(21,22)18-20-12-17-19(13-20)11-15-5-3-2-4-6-15/h2-10,12-13H,11H2,1H3. The molecule has 23 heavy (non-hydrogen) atoms. The van der Waals surface area contributed by atoms with E-state index in [4.69, 9.17) is 0 Å². The zero-order valence-corrected chi connectivity index (χ0v) is 13.4. The Hall–Kier alpha value is -2.67.